The Morgan fingerprint density at radius 2 is 1.24 bits per heavy atom. The third-order valence-corrected chi connectivity index (χ3v) is 10.4. The molecular weight excluding hydrogens is 625 g/mol. The van der Waals surface area contributed by atoms with E-state index in [9.17, 15) is 0 Å². The second kappa shape index (κ2) is 11.9. The second-order valence-electron chi connectivity index (χ2n) is 14.5. The van der Waals surface area contributed by atoms with Crippen molar-refractivity contribution in [3.63, 3.8) is 0 Å². The quantitative estimate of drug-likeness (QED) is 0.178. The number of hydrogen-bond donors (Lipinski definition) is 0. The van der Waals surface area contributed by atoms with Crippen molar-refractivity contribution in [2.24, 2.45) is 0 Å². The molecule has 51 heavy (non-hydrogen) atoms. The number of hydrogen-bond acceptors (Lipinski definition) is 3. The maximum Gasteiger partial charge on any atom is 0.150 e. The van der Waals surface area contributed by atoms with Gasteiger partial charge in [-0.1, -0.05) is 113 Å². The molecule has 0 radical (unpaired) electrons. The van der Waals surface area contributed by atoms with Gasteiger partial charge < -0.3 is 8.83 Å². The summed E-state index contributed by atoms with van der Waals surface area (Å²) in [4.78, 5) is 5.45. The van der Waals surface area contributed by atoms with Gasteiger partial charge in [-0.25, -0.2) is 4.98 Å². The summed E-state index contributed by atoms with van der Waals surface area (Å²) in [6, 6.07) is 43.0. The lowest BCUT2D eigenvalue weighted by atomic mass is 9.88. The lowest BCUT2D eigenvalue weighted by Gasteiger charge is -2.24. The van der Waals surface area contributed by atoms with Crippen LogP contribution < -0.4 is 0 Å². The van der Waals surface area contributed by atoms with Gasteiger partial charge in [0.1, 0.15) is 28.3 Å². The van der Waals surface area contributed by atoms with E-state index in [-0.39, 0.29) is 11.8 Å². The maximum atomic E-state index is 6.89. The van der Waals surface area contributed by atoms with Crippen LogP contribution in [0.1, 0.15) is 61.8 Å². The topological polar surface area (TPSA) is 44.1 Å². The standard InChI is InChI=1S/C47H40N2O2/c1-27(2)35-24-33(31-15-9-7-10-16-31)25-36(28(3)4)43(35)49-40-20-14-13-19-39(40)48-47(49)38-26-37-30(6)44(32-17-11-8-12-18-32)51-45(37)42-34-22-21-29(5)23-41(34)50-46(38)42/h7-28H,1-6H3. The van der Waals surface area contributed by atoms with Crippen LogP contribution in [0, 0.1) is 13.8 Å². The molecule has 9 rings (SSSR count). The number of nitrogens with zero attached hydrogens (tertiary/aromatic N) is 2. The van der Waals surface area contributed by atoms with Crippen molar-refractivity contribution in [2.45, 2.75) is 53.4 Å². The molecule has 0 aliphatic heterocycles. The van der Waals surface area contributed by atoms with Gasteiger partial charge in [-0.05, 0) is 89.9 Å². The molecule has 0 fully saturated rings. The van der Waals surface area contributed by atoms with E-state index in [0.29, 0.717) is 0 Å². The zero-order chi connectivity index (χ0) is 35.0. The van der Waals surface area contributed by atoms with Crippen LogP contribution in [-0.2, 0) is 0 Å². The number of rotatable bonds is 6. The average Bonchev–Trinajstić information content (AvgIpc) is 3.82. The van der Waals surface area contributed by atoms with Crippen LogP contribution in [0.3, 0.4) is 0 Å². The van der Waals surface area contributed by atoms with E-state index in [1.807, 2.05) is 6.07 Å². The highest BCUT2D eigenvalue weighted by molar-refractivity contribution is 6.22. The van der Waals surface area contributed by atoms with E-state index in [0.717, 1.165) is 77.8 Å². The Labute approximate surface area is 298 Å². The smallest absolute Gasteiger partial charge is 0.150 e. The van der Waals surface area contributed by atoms with E-state index in [1.54, 1.807) is 0 Å². The SMILES string of the molecule is Cc1ccc2c(c1)oc1c(-c3nc4ccccc4n3-c3c(C(C)C)cc(-c4ccccc4)cc3C(C)C)cc3c(C)c(-c4ccccc4)oc3c12. The van der Waals surface area contributed by atoms with Gasteiger partial charge in [0, 0.05) is 21.9 Å². The summed E-state index contributed by atoms with van der Waals surface area (Å²) >= 11 is 0. The molecule has 4 nitrogen and oxygen atoms in total. The minimum atomic E-state index is 0.261. The first kappa shape index (κ1) is 31.1. The minimum absolute atomic E-state index is 0.261. The molecule has 0 bridgehead atoms. The second-order valence-corrected chi connectivity index (χ2v) is 14.5. The highest BCUT2D eigenvalue weighted by atomic mass is 16.3. The summed E-state index contributed by atoms with van der Waals surface area (Å²) in [5.74, 6) is 2.25. The number of aryl methyl sites for hydroxylation is 2. The molecule has 0 spiro atoms. The summed E-state index contributed by atoms with van der Waals surface area (Å²) < 4.78 is 16.1. The van der Waals surface area contributed by atoms with Crippen LogP contribution in [0.25, 0.3) is 83.5 Å². The predicted molar refractivity (Wildman–Crippen MR) is 212 cm³/mol. The molecule has 0 unspecified atom stereocenters. The zero-order valence-corrected chi connectivity index (χ0v) is 29.9. The lowest BCUT2D eigenvalue weighted by molar-refractivity contribution is 0.631. The summed E-state index contributed by atoms with van der Waals surface area (Å²) in [5, 5.41) is 3.08. The van der Waals surface area contributed by atoms with Crippen LogP contribution >= 0.6 is 0 Å². The number of aromatic nitrogens is 2. The molecule has 0 saturated carbocycles. The molecule has 0 saturated heterocycles. The molecule has 4 heteroatoms. The van der Waals surface area contributed by atoms with Crippen LogP contribution in [0.4, 0.5) is 0 Å². The van der Waals surface area contributed by atoms with Crippen molar-refractivity contribution in [1.29, 1.82) is 0 Å². The zero-order valence-electron chi connectivity index (χ0n) is 29.9. The van der Waals surface area contributed by atoms with Crippen LogP contribution in [0.2, 0.25) is 0 Å². The molecular formula is C47H40N2O2. The van der Waals surface area contributed by atoms with Gasteiger partial charge in [-0.2, -0.15) is 0 Å². The Bertz CT molecular complexity index is 2730. The maximum absolute atomic E-state index is 6.89. The van der Waals surface area contributed by atoms with Crippen molar-refractivity contribution >= 4 is 43.9 Å². The van der Waals surface area contributed by atoms with Crippen LogP contribution in [0.15, 0.2) is 130 Å². The lowest BCUT2D eigenvalue weighted by Crippen LogP contribution is -2.09. The molecule has 3 aromatic heterocycles. The van der Waals surface area contributed by atoms with Gasteiger partial charge in [0.05, 0.1) is 27.7 Å². The Morgan fingerprint density at radius 3 is 1.92 bits per heavy atom. The summed E-state index contributed by atoms with van der Waals surface area (Å²) in [6.07, 6.45) is 0. The van der Waals surface area contributed by atoms with Crippen molar-refractivity contribution in [2.75, 3.05) is 0 Å². The Hall–Kier alpha value is -5.87. The Balaban J connectivity index is 1.43. The molecule has 0 N–H and O–H groups in total. The summed E-state index contributed by atoms with van der Waals surface area (Å²) in [7, 11) is 0. The molecule has 6 aromatic carbocycles. The average molecular weight is 665 g/mol. The molecule has 0 aliphatic carbocycles. The first-order valence-corrected chi connectivity index (χ1v) is 17.9. The summed E-state index contributed by atoms with van der Waals surface area (Å²) in [5.41, 5.74) is 14.9. The monoisotopic (exact) mass is 664 g/mol. The van der Waals surface area contributed by atoms with Crippen LogP contribution in [-0.4, -0.2) is 9.55 Å². The van der Waals surface area contributed by atoms with Gasteiger partial charge in [-0.3, -0.25) is 4.57 Å². The normalized spacial score (nSPS) is 12.1. The molecule has 0 atom stereocenters. The number of imidazole rings is 1. The minimum Gasteiger partial charge on any atom is -0.455 e. The predicted octanol–water partition coefficient (Wildman–Crippen LogP) is 13.5. The van der Waals surface area contributed by atoms with Gasteiger partial charge in [-0.15, -0.1) is 0 Å². The number of fused-ring (bicyclic) bond motifs is 6. The molecule has 0 aliphatic rings. The van der Waals surface area contributed by atoms with Gasteiger partial charge in [0.2, 0.25) is 0 Å². The van der Waals surface area contributed by atoms with Crippen molar-refractivity contribution in [3.05, 3.63) is 144 Å². The Morgan fingerprint density at radius 1 is 0.588 bits per heavy atom. The van der Waals surface area contributed by atoms with E-state index in [2.05, 4.69) is 161 Å². The highest BCUT2D eigenvalue weighted by Gasteiger charge is 2.28. The van der Waals surface area contributed by atoms with E-state index in [1.165, 1.54) is 27.9 Å². The number of furan rings is 2. The van der Waals surface area contributed by atoms with Crippen molar-refractivity contribution in [3.8, 4) is 39.5 Å². The van der Waals surface area contributed by atoms with Crippen LogP contribution in [0.5, 0.6) is 0 Å². The summed E-state index contributed by atoms with van der Waals surface area (Å²) in [6.45, 7) is 13.4. The molecule has 250 valence electrons. The highest BCUT2D eigenvalue weighted by Crippen LogP contribution is 2.47. The third kappa shape index (κ3) is 4.92. The first-order chi connectivity index (χ1) is 24.8. The number of benzene rings is 6. The van der Waals surface area contributed by atoms with Crippen molar-refractivity contribution < 1.29 is 8.83 Å². The van der Waals surface area contributed by atoms with E-state index in [4.69, 9.17) is 13.8 Å². The molecule has 0 amide bonds. The Kier molecular flexibility index (Phi) is 7.25. The number of para-hydroxylation sites is 2. The first-order valence-electron chi connectivity index (χ1n) is 17.9. The van der Waals surface area contributed by atoms with E-state index < -0.39 is 0 Å². The van der Waals surface area contributed by atoms with Gasteiger partial charge in [0.25, 0.3) is 0 Å². The largest absolute Gasteiger partial charge is 0.455 e. The fourth-order valence-corrected chi connectivity index (χ4v) is 7.79. The van der Waals surface area contributed by atoms with Crippen molar-refractivity contribution in [1.82, 2.24) is 9.55 Å². The van der Waals surface area contributed by atoms with E-state index >= 15 is 0 Å². The molecule has 9 aromatic rings. The van der Waals surface area contributed by atoms with Gasteiger partial charge >= 0.3 is 0 Å². The molecule has 3 heterocycles. The van der Waals surface area contributed by atoms with Gasteiger partial charge in [0.15, 0.2) is 0 Å². The fourth-order valence-electron chi connectivity index (χ4n) is 7.79. The third-order valence-electron chi connectivity index (χ3n) is 10.4. The fraction of sp³-hybridized carbons (Fsp3) is 0.170.